The molecule has 0 radical (unpaired) electrons. The van der Waals surface area contributed by atoms with Crippen LogP contribution < -0.4 is 0 Å². The molecule has 0 saturated heterocycles. The lowest BCUT2D eigenvalue weighted by atomic mass is 10.6. The molecule has 3 heteroatoms. The Morgan fingerprint density at radius 1 is 1.30 bits per heavy atom. The van der Waals surface area contributed by atoms with E-state index >= 15 is 0 Å². The second kappa shape index (κ2) is 11.8. The fourth-order valence-corrected chi connectivity index (χ4v) is 0.204. The molecular formula is C7H17O2P. The van der Waals surface area contributed by atoms with Gasteiger partial charge in [0.2, 0.25) is 0 Å². The maximum absolute atomic E-state index is 9.60. The predicted octanol–water partition coefficient (Wildman–Crippen LogP) is 2.73. The third-order valence-electron chi connectivity index (χ3n) is 0.619. The average molecular weight is 164 g/mol. The Balaban J connectivity index is 0. The molecule has 10 heavy (non-hydrogen) atoms. The van der Waals surface area contributed by atoms with Crippen molar-refractivity contribution in [1.82, 2.24) is 0 Å². The van der Waals surface area contributed by atoms with Crippen molar-refractivity contribution < 1.29 is 9.30 Å². The van der Waals surface area contributed by atoms with Gasteiger partial charge in [-0.1, -0.05) is 13.8 Å². The molecule has 0 aromatic carbocycles. The van der Waals surface area contributed by atoms with Gasteiger partial charge >= 0.3 is 0 Å². The van der Waals surface area contributed by atoms with E-state index in [9.17, 15) is 4.57 Å². The Bertz CT molecular complexity index is 62.6. The van der Waals surface area contributed by atoms with Gasteiger partial charge in [0, 0.05) is 18.9 Å². The lowest BCUT2D eigenvalue weighted by Crippen LogP contribution is -1.84. The van der Waals surface area contributed by atoms with Crippen LogP contribution in [0.15, 0.2) is 0 Å². The summed E-state index contributed by atoms with van der Waals surface area (Å²) in [7, 11) is 0.247. The molecule has 0 aliphatic heterocycles. The maximum atomic E-state index is 9.60. The molecule has 0 atom stereocenters. The SMILES string of the molecule is CC(C)P=O.CCOCC. The first-order chi connectivity index (χ1) is 4.68. The lowest BCUT2D eigenvalue weighted by molar-refractivity contribution is 0.162. The van der Waals surface area contributed by atoms with Gasteiger partial charge < -0.3 is 4.74 Å². The first kappa shape index (κ1) is 12.7. The number of hydrogen-bond acceptors (Lipinski definition) is 2. The molecule has 0 aromatic heterocycles. The molecule has 0 heterocycles. The highest BCUT2D eigenvalue weighted by Gasteiger charge is 1.81. The quantitative estimate of drug-likeness (QED) is 0.599. The van der Waals surface area contributed by atoms with Crippen LogP contribution in [0.5, 0.6) is 0 Å². The Hall–Kier alpha value is 0.0600. The van der Waals surface area contributed by atoms with Gasteiger partial charge in [-0.05, 0) is 13.8 Å². The highest BCUT2D eigenvalue weighted by molar-refractivity contribution is 7.24. The van der Waals surface area contributed by atoms with E-state index in [0.717, 1.165) is 13.2 Å². The Morgan fingerprint density at radius 3 is 1.60 bits per heavy atom. The molecule has 0 aromatic rings. The summed E-state index contributed by atoms with van der Waals surface area (Å²) in [5.74, 6) is 0. The Morgan fingerprint density at radius 2 is 1.60 bits per heavy atom. The first-order valence-electron chi connectivity index (χ1n) is 3.59. The number of rotatable bonds is 3. The van der Waals surface area contributed by atoms with Gasteiger partial charge in [0.15, 0.2) is 8.46 Å². The van der Waals surface area contributed by atoms with Gasteiger partial charge in [0.1, 0.15) is 0 Å². The van der Waals surface area contributed by atoms with Gasteiger partial charge in [-0.15, -0.1) is 0 Å². The topological polar surface area (TPSA) is 26.3 Å². The van der Waals surface area contributed by atoms with Crippen molar-refractivity contribution in [1.29, 1.82) is 0 Å². The van der Waals surface area contributed by atoms with Gasteiger partial charge in [-0.2, -0.15) is 0 Å². The fourth-order valence-electron chi connectivity index (χ4n) is 0.204. The van der Waals surface area contributed by atoms with Crippen LogP contribution in [-0.2, 0) is 9.30 Å². The van der Waals surface area contributed by atoms with Gasteiger partial charge in [0.25, 0.3) is 0 Å². The van der Waals surface area contributed by atoms with Crippen molar-refractivity contribution >= 4 is 8.46 Å². The molecule has 0 amide bonds. The Labute approximate surface area is 65.2 Å². The molecule has 2 nitrogen and oxygen atoms in total. The minimum absolute atomic E-state index is 0.247. The summed E-state index contributed by atoms with van der Waals surface area (Å²) in [6, 6.07) is 0. The molecule has 0 rings (SSSR count). The molecule has 0 aliphatic carbocycles. The van der Waals surface area contributed by atoms with Crippen molar-refractivity contribution in [3.8, 4) is 0 Å². The minimum atomic E-state index is 0.247. The monoisotopic (exact) mass is 164 g/mol. The largest absolute Gasteiger partial charge is 0.382 e. The van der Waals surface area contributed by atoms with E-state index in [1.165, 1.54) is 0 Å². The molecule has 0 saturated carbocycles. The summed E-state index contributed by atoms with van der Waals surface area (Å²) in [5.41, 5.74) is 0.301. The summed E-state index contributed by atoms with van der Waals surface area (Å²) in [6.45, 7) is 9.46. The summed E-state index contributed by atoms with van der Waals surface area (Å²) < 4.78 is 14.4. The van der Waals surface area contributed by atoms with Crippen LogP contribution >= 0.6 is 8.46 Å². The molecular weight excluding hydrogens is 147 g/mol. The maximum Gasteiger partial charge on any atom is 0.158 e. The van der Waals surface area contributed by atoms with E-state index in [2.05, 4.69) is 0 Å². The van der Waals surface area contributed by atoms with E-state index in [-0.39, 0.29) is 8.46 Å². The third-order valence-corrected chi connectivity index (χ3v) is 1.04. The third kappa shape index (κ3) is 24.4. The molecule has 0 unspecified atom stereocenters. The molecule has 0 spiro atoms. The van der Waals surface area contributed by atoms with Crippen LogP contribution in [0.25, 0.3) is 0 Å². The standard InChI is InChI=1S/C4H10O.C3H7OP/c1-3-5-4-2;1-3(2)5-4/h3-4H2,1-2H3;3H,1-2H3. The zero-order valence-corrected chi connectivity index (χ0v) is 8.15. The van der Waals surface area contributed by atoms with E-state index in [0.29, 0.717) is 5.66 Å². The fraction of sp³-hybridized carbons (Fsp3) is 1.00. The van der Waals surface area contributed by atoms with Crippen molar-refractivity contribution in [2.24, 2.45) is 0 Å². The summed E-state index contributed by atoms with van der Waals surface area (Å²) >= 11 is 0. The summed E-state index contributed by atoms with van der Waals surface area (Å²) in [6.07, 6.45) is 0. The van der Waals surface area contributed by atoms with Crippen molar-refractivity contribution in [2.45, 2.75) is 33.4 Å². The molecule has 0 aliphatic rings. The van der Waals surface area contributed by atoms with Crippen molar-refractivity contribution in [3.63, 3.8) is 0 Å². The second-order valence-corrected chi connectivity index (χ2v) is 3.22. The normalized spacial score (nSPS) is 9.30. The zero-order valence-electron chi connectivity index (χ0n) is 7.26. The van der Waals surface area contributed by atoms with Crippen LogP contribution in [0.4, 0.5) is 0 Å². The number of hydrogen-bond donors (Lipinski definition) is 0. The van der Waals surface area contributed by atoms with Crippen molar-refractivity contribution in [2.75, 3.05) is 13.2 Å². The van der Waals surface area contributed by atoms with E-state index in [1.807, 2.05) is 27.7 Å². The zero-order chi connectivity index (χ0) is 8.41. The van der Waals surface area contributed by atoms with Crippen LogP contribution in [0.3, 0.4) is 0 Å². The van der Waals surface area contributed by atoms with Crippen molar-refractivity contribution in [3.05, 3.63) is 0 Å². The second-order valence-electron chi connectivity index (χ2n) is 1.98. The van der Waals surface area contributed by atoms with Crippen LogP contribution in [0.1, 0.15) is 27.7 Å². The average Bonchev–Trinajstić information content (AvgIpc) is 1.91. The first-order valence-corrected chi connectivity index (χ1v) is 4.47. The molecule has 0 fully saturated rings. The van der Waals surface area contributed by atoms with E-state index < -0.39 is 0 Å². The van der Waals surface area contributed by atoms with E-state index in [4.69, 9.17) is 4.74 Å². The predicted molar refractivity (Wildman–Crippen MR) is 44.9 cm³/mol. The smallest absolute Gasteiger partial charge is 0.158 e. The van der Waals surface area contributed by atoms with E-state index in [1.54, 1.807) is 0 Å². The Kier molecular flexibility index (Phi) is 15.0. The van der Waals surface area contributed by atoms with Gasteiger partial charge in [-0.25, -0.2) is 0 Å². The molecule has 0 N–H and O–H groups in total. The summed E-state index contributed by atoms with van der Waals surface area (Å²) in [5, 5.41) is 0. The lowest BCUT2D eigenvalue weighted by Gasteiger charge is -1.86. The molecule has 0 bridgehead atoms. The summed E-state index contributed by atoms with van der Waals surface area (Å²) in [4.78, 5) is 0. The highest BCUT2D eigenvalue weighted by atomic mass is 31.1. The number of ether oxygens (including phenoxy) is 1. The van der Waals surface area contributed by atoms with Crippen LogP contribution in [0, 0.1) is 0 Å². The highest BCUT2D eigenvalue weighted by Crippen LogP contribution is 1.99. The van der Waals surface area contributed by atoms with Gasteiger partial charge in [0.05, 0.1) is 0 Å². The van der Waals surface area contributed by atoms with Gasteiger partial charge in [-0.3, -0.25) is 4.57 Å². The van der Waals surface area contributed by atoms with Crippen LogP contribution in [0.2, 0.25) is 0 Å². The molecule has 62 valence electrons. The van der Waals surface area contributed by atoms with Crippen LogP contribution in [-0.4, -0.2) is 18.9 Å². The minimum Gasteiger partial charge on any atom is -0.382 e.